The molecule has 1 aliphatic heterocycles. The van der Waals surface area contributed by atoms with Crippen LogP contribution >= 0.6 is 0 Å². The van der Waals surface area contributed by atoms with Gasteiger partial charge in [-0.25, -0.2) is 0 Å². The van der Waals surface area contributed by atoms with Gasteiger partial charge in [-0.1, -0.05) is 20.8 Å². The van der Waals surface area contributed by atoms with E-state index in [-0.39, 0.29) is 0 Å². The van der Waals surface area contributed by atoms with Gasteiger partial charge >= 0.3 is 0 Å². The standard InChI is InChI=1S/C7H15NO.C2H6/c1-7(4-8(2)3)5-9-6-7;1-2/h4-6H2,1-3H3;1-2H3. The Morgan fingerprint density at radius 3 is 1.82 bits per heavy atom. The molecule has 0 amide bonds. The molecule has 1 heterocycles. The predicted molar refractivity (Wildman–Crippen MR) is 48.8 cm³/mol. The Kier molecular flexibility index (Phi) is 4.69. The molecule has 0 bridgehead atoms. The van der Waals surface area contributed by atoms with Gasteiger partial charge in [0.05, 0.1) is 13.2 Å². The third-order valence-electron chi connectivity index (χ3n) is 1.60. The fourth-order valence-corrected chi connectivity index (χ4v) is 1.31. The molecule has 0 atom stereocenters. The van der Waals surface area contributed by atoms with Crippen LogP contribution in [0.4, 0.5) is 0 Å². The molecule has 1 rings (SSSR count). The van der Waals surface area contributed by atoms with Crippen LogP contribution in [-0.2, 0) is 4.74 Å². The highest BCUT2D eigenvalue weighted by atomic mass is 16.5. The summed E-state index contributed by atoms with van der Waals surface area (Å²) in [4.78, 5) is 2.21. The molecule has 0 spiro atoms. The summed E-state index contributed by atoms with van der Waals surface area (Å²) in [6.45, 7) is 9.28. The van der Waals surface area contributed by atoms with E-state index in [1.807, 2.05) is 13.8 Å². The second-order valence-corrected chi connectivity index (χ2v) is 3.54. The Bertz CT molecular complexity index is 97.7. The summed E-state index contributed by atoms with van der Waals surface area (Å²) in [6.07, 6.45) is 0. The lowest BCUT2D eigenvalue weighted by molar-refractivity contribution is -0.110. The summed E-state index contributed by atoms with van der Waals surface area (Å²) in [5.41, 5.74) is 0.448. The topological polar surface area (TPSA) is 12.5 Å². The van der Waals surface area contributed by atoms with Crippen LogP contribution < -0.4 is 0 Å². The summed E-state index contributed by atoms with van der Waals surface area (Å²) in [7, 11) is 4.20. The molecule has 0 unspecified atom stereocenters. The summed E-state index contributed by atoms with van der Waals surface area (Å²) < 4.78 is 5.11. The summed E-state index contributed by atoms with van der Waals surface area (Å²) in [6, 6.07) is 0. The molecule has 0 aromatic carbocycles. The maximum absolute atomic E-state index is 5.11. The Morgan fingerprint density at radius 2 is 1.73 bits per heavy atom. The smallest absolute Gasteiger partial charge is 0.0554 e. The van der Waals surface area contributed by atoms with E-state index in [0.29, 0.717) is 5.41 Å². The third kappa shape index (κ3) is 3.73. The highest BCUT2D eigenvalue weighted by Gasteiger charge is 2.33. The van der Waals surface area contributed by atoms with Crippen molar-refractivity contribution in [1.29, 1.82) is 0 Å². The Hall–Kier alpha value is -0.0800. The van der Waals surface area contributed by atoms with Crippen LogP contribution in [0.15, 0.2) is 0 Å². The van der Waals surface area contributed by atoms with Crippen molar-refractivity contribution in [2.75, 3.05) is 33.9 Å². The van der Waals surface area contributed by atoms with Crippen molar-refractivity contribution in [2.45, 2.75) is 20.8 Å². The molecule has 68 valence electrons. The molecule has 1 fully saturated rings. The van der Waals surface area contributed by atoms with Crippen LogP contribution in [0.5, 0.6) is 0 Å². The van der Waals surface area contributed by atoms with Gasteiger partial charge in [0, 0.05) is 12.0 Å². The summed E-state index contributed by atoms with van der Waals surface area (Å²) in [5, 5.41) is 0. The van der Waals surface area contributed by atoms with Gasteiger partial charge in [0.25, 0.3) is 0 Å². The molecule has 0 aromatic rings. The molecule has 0 radical (unpaired) electrons. The zero-order chi connectivity index (χ0) is 8.91. The van der Waals surface area contributed by atoms with Gasteiger partial charge in [-0.15, -0.1) is 0 Å². The fraction of sp³-hybridized carbons (Fsp3) is 1.00. The van der Waals surface area contributed by atoms with Gasteiger partial charge in [-0.05, 0) is 14.1 Å². The van der Waals surface area contributed by atoms with Crippen molar-refractivity contribution in [3.05, 3.63) is 0 Å². The van der Waals surface area contributed by atoms with E-state index in [9.17, 15) is 0 Å². The monoisotopic (exact) mass is 159 g/mol. The number of hydrogen-bond donors (Lipinski definition) is 0. The van der Waals surface area contributed by atoms with Crippen LogP contribution in [0.1, 0.15) is 20.8 Å². The lowest BCUT2D eigenvalue weighted by Crippen LogP contribution is -2.46. The SMILES string of the molecule is CC.CN(C)CC1(C)COC1. The third-order valence-corrected chi connectivity index (χ3v) is 1.60. The largest absolute Gasteiger partial charge is 0.380 e. The quantitative estimate of drug-likeness (QED) is 0.607. The first kappa shape index (κ1) is 10.9. The molecule has 1 aliphatic rings. The lowest BCUT2D eigenvalue weighted by atomic mass is 9.88. The van der Waals surface area contributed by atoms with E-state index in [4.69, 9.17) is 4.74 Å². The van der Waals surface area contributed by atoms with Gasteiger partial charge in [0.1, 0.15) is 0 Å². The van der Waals surface area contributed by atoms with Crippen LogP contribution in [0.25, 0.3) is 0 Å². The Labute approximate surface area is 70.5 Å². The highest BCUT2D eigenvalue weighted by molar-refractivity contribution is 4.82. The van der Waals surface area contributed by atoms with Crippen molar-refractivity contribution in [3.8, 4) is 0 Å². The lowest BCUT2D eigenvalue weighted by Gasteiger charge is -2.39. The molecule has 2 heteroatoms. The van der Waals surface area contributed by atoms with Crippen LogP contribution in [0.2, 0.25) is 0 Å². The molecule has 0 aliphatic carbocycles. The zero-order valence-electron chi connectivity index (χ0n) is 8.48. The Balaban J connectivity index is 0.000000461. The first-order chi connectivity index (χ1) is 5.12. The normalized spacial score (nSPS) is 20.2. The van der Waals surface area contributed by atoms with Crippen LogP contribution in [0, 0.1) is 5.41 Å². The molecule has 0 N–H and O–H groups in total. The molecule has 0 aromatic heterocycles. The van der Waals surface area contributed by atoms with Crippen molar-refractivity contribution in [1.82, 2.24) is 4.90 Å². The van der Waals surface area contributed by atoms with Crippen molar-refractivity contribution >= 4 is 0 Å². The maximum Gasteiger partial charge on any atom is 0.0554 e. The van der Waals surface area contributed by atoms with E-state index in [1.165, 1.54) is 0 Å². The summed E-state index contributed by atoms with van der Waals surface area (Å²) in [5.74, 6) is 0. The first-order valence-electron chi connectivity index (χ1n) is 4.35. The van der Waals surface area contributed by atoms with Crippen LogP contribution in [-0.4, -0.2) is 38.8 Å². The first-order valence-corrected chi connectivity index (χ1v) is 4.35. The fourth-order valence-electron chi connectivity index (χ4n) is 1.31. The average molecular weight is 159 g/mol. The van der Waals surface area contributed by atoms with E-state index in [0.717, 1.165) is 19.8 Å². The highest BCUT2D eigenvalue weighted by Crippen LogP contribution is 2.26. The van der Waals surface area contributed by atoms with Crippen molar-refractivity contribution in [2.24, 2.45) is 5.41 Å². The van der Waals surface area contributed by atoms with E-state index in [1.54, 1.807) is 0 Å². The number of nitrogens with zero attached hydrogens (tertiary/aromatic N) is 1. The van der Waals surface area contributed by atoms with E-state index >= 15 is 0 Å². The van der Waals surface area contributed by atoms with Crippen molar-refractivity contribution < 1.29 is 4.74 Å². The molecular formula is C9H21NO. The Morgan fingerprint density at radius 1 is 1.27 bits per heavy atom. The van der Waals surface area contributed by atoms with Gasteiger partial charge in [0.15, 0.2) is 0 Å². The van der Waals surface area contributed by atoms with Gasteiger partial charge in [0.2, 0.25) is 0 Å². The van der Waals surface area contributed by atoms with Crippen LogP contribution in [0.3, 0.4) is 0 Å². The molecule has 11 heavy (non-hydrogen) atoms. The molecule has 0 saturated carbocycles. The van der Waals surface area contributed by atoms with Crippen molar-refractivity contribution in [3.63, 3.8) is 0 Å². The maximum atomic E-state index is 5.11. The van der Waals surface area contributed by atoms with Gasteiger partial charge < -0.3 is 9.64 Å². The summed E-state index contributed by atoms with van der Waals surface area (Å²) >= 11 is 0. The minimum atomic E-state index is 0.448. The number of rotatable bonds is 2. The second-order valence-electron chi connectivity index (χ2n) is 3.54. The molecule has 1 saturated heterocycles. The number of hydrogen-bond acceptors (Lipinski definition) is 2. The molecule has 2 nitrogen and oxygen atoms in total. The number of ether oxygens (including phenoxy) is 1. The molecular weight excluding hydrogens is 138 g/mol. The van der Waals surface area contributed by atoms with E-state index < -0.39 is 0 Å². The van der Waals surface area contributed by atoms with E-state index in [2.05, 4.69) is 25.9 Å². The van der Waals surface area contributed by atoms with Gasteiger partial charge in [-0.2, -0.15) is 0 Å². The minimum absolute atomic E-state index is 0.448. The zero-order valence-corrected chi connectivity index (χ0v) is 8.48. The second kappa shape index (κ2) is 4.73. The average Bonchev–Trinajstić information content (AvgIpc) is 1.88. The minimum Gasteiger partial charge on any atom is -0.380 e. The predicted octanol–water partition coefficient (Wildman–Crippen LogP) is 1.61. The van der Waals surface area contributed by atoms with Gasteiger partial charge in [-0.3, -0.25) is 0 Å².